The van der Waals surface area contributed by atoms with E-state index in [9.17, 15) is 5.11 Å². The molecule has 1 atom stereocenters. The predicted octanol–water partition coefficient (Wildman–Crippen LogP) is 1.68. The van der Waals surface area contributed by atoms with Crippen LogP contribution in [0.15, 0.2) is 42.6 Å². The highest BCUT2D eigenvalue weighted by Crippen LogP contribution is 2.37. The Bertz CT molecular complexity index is 591. The fraction of sp³-hybridized carbons (Fsp3) is 0.214. The molecule has 0 saturated carbocycles. The number of methoxy groups -OCH3 is 1. The van der Waals surface area contributed by atoms with Crippen molar-refractivity contribution in [3.8, 4) is 17.0 Å². The highest BCUT2D eigenvalue weighted by molar-refractivity contribution is 5.66. The molecule has 3 rings (SSSR count). The fourth-order valence-corrected chi connectivity index (χ4v) is 2.44. The van der Waals surface area contributed by atoms with Gasteiger partial charge in [0.2, 0.25) is 5.69 Å². The molecule has 1 aliphatic heterocycles. The molecule has 2 heterocycles. The maximum atomic E-state index is 10.6. The van der Waals surface area contributed by atoms with Gasteiger partial charge in [0.1, 0.15) is 5.75 Å². The van der Waals surface area contributed by atoms with Crippen molar-refractivity contribution in [2.75, 3.05) is 7.11 Å². The normalized spacial score (nSPS) is 20.9. The molecule has 1 unspecified atom stereocenters. The largest absolute Gasteiger partial charge is 0.497 e. The van der Waals surface area contributed by atoms with Crippen LogP contribution in [0.2, 0.25) is 0 Å². The number of hydrogen-bond donors (Lipinski definition) is 1. The molecular weight excluding hydrogens is 214 g/mol. The smallest absolute Gasteiger partial charge is 0.295 e. The van der Waals surface area contributed by atoms with Crippen LogP contribution in [0.5, 0.6) is 5.75 Å². The van der Waals surface area contributed by atoms with Gasteiger partial charge >= 0.3 is 0 Å². The Morgan fingerprint density at radius 1 is 1.24 bits per heavy atom. The maximum Gasteiger partial charge on any atom is 0.295 e. The average Bonchev–Trinajstić information content (AvgIpc) is 2.59. The lowest BCUT2D eigenvalue weighted by Gasteiger charge is -2.13. The second-order valence-corrected chi connectivity index (χ2v) is 4.39. The Kier molecular flexibility index (Phi) is 2.00. The molecule has 3 heteroatoms. The van der Waals surface area contributed by atoms with E-state index in [0.717, 1.165) is 22.6 Å². The molecule has 0 aliphatic carbocycles. The van der Waals surface area contributed by atoms with Crippen molar-refractivity contribution in [1.29, 1.82) is 0 Å². The first-order valence-electron chi connectivity index (χ1n) is 5.57. The number of hydrogen-bond acceptors (Lipinski definition) is 2. The number of aliphatic hydroxyl groups is 1. The van der Waals surface area contributed by atoms with Crippen LogP contribution in [0.1, 0.15) is 12.5 Å². The van der Waals surface area contributed by atoms with E-state index in [-0.39, 0.29) is 0 Å². The topological polar surface area (TPSA) is 33.3 Å². The summed E-state index contributed by atoms with van der Waals surface area (Å²) in [5, 5.41) is 10.6. The van der Waals surface area contributed by atoms with Crippen molar-refractivity contribution in [2.45, 2.75) is 12.6 Å². The Morgan fingerprint density at radius 3 is 2.82 bits per heavy atom. The summed E-state index contributed by atoms with van der Waals surface area (Å²) < 4.78 is 7.08. The van der Waals surface area contributed by atoms with Crippen LogP contribution in [0.4, 0.5) is 0 Å². The van der Waals surface area contributed by atoms with Crippen LogP contribution in [0, 0.1) is 0 Å². The van der Waals surface area contributed by atoms with E-state index in [1.807, 2.05) is 47.2 Å². The monoisotopic (exact) mass is 228 g/mol. The zero-order valence-corrected chi connectivity index (χ0v) is 9.84. The molecule has 0 amide bonds. The van der Waals surface area contributed by atoms with E-state index < -0.39 is 5.72 Å². The molecule has 0 bridgehead atoms. The van der Waals surface area contributed by atoms with Gasteiger partial charge in [0.05, 0.1) is 18.2 Å². The summed E-state index contributed by atoms with van der Waals surface area (Å²) in [6, 6.07) is 11.7. The van der Waals surface area contributed by atoms with Gasteiger partial charge in [-0.1, -0.05) is 0 Å². The Balaban J connectivity index is 2.32. The minimum absolute atomic E-state index is 0.762. The number of pyridine rings is 1. The third-order valence-electron chi connectivity index (χ3n) is 3.34. The average molecular weight is 228 g/mol. The number of aromatic nitrogens is 1. The number of nitrogens with zero attached hydrogens (tertiary/aromatic N) is 1. The summed E-state index contributed by atoms with van der Waals surface area (Å²) in [5.74, 6) is 0.762. The standard InChI is InChI=1S/C14H14NO2/c1-14(16)12-9-10(17-2)6-7-11(12)13-5-3-4-8-15(13)14/h3-9,16H,1-2H3/q+1. The molecule has 3 nitrogen and oxygen atoms in total. The number of ether oxygens (including phenoxy) is 1. The number of benzene rings is 1. The molecule has 0 saturated heterocycles. The van der Waals surface area contributed by atoms with Gasteiger partial charge in [0.15, 0.2) is 6.20 Å². The van der Waals surface area contributed by atoms with E-state index in [2.05, 4.69) is 0 Å². The first-order valence-corrected chi connectivity index (χ1v) is 5.57. The molecule has 17 heavy (non-hydrogen) atoms. The van der Waals surface area contributed by atoms with Crippen molar-refractivity contribution in [3.63, 3.8) is 0 Å². The van der Waals surface area contributed by atoms with Crippen LogP contribution in [-0.2, 0) is 5.72 Å². The summed E-state index contributed by atoms with van der Waals surface area (Å²) in [6.45, 7) is 1.79. The molecule has 1 aromatic heterocycles. The van der Waals surface area contributed by atoms with Crippen molar-refractivity contribution >= 4 is 0 Å². The summed E-state index contributed by atoms with van der Waals surface area (Å²) in [6.07, 6.45) is 1.89. The molecule has 2 aromatic rings. The third kappa shape index (κ3) is 1.29. The Hall–Kier alpha value is -1.87. The minimum Gasteiger partial charge on any atom is -0.497 e. The quantitative estimate of drug-likeness (QED) is 0.753. The summed E-state index contributed by atoms with van der Waals surface area (Å²) in [4.78, 5) is 0. The molecule has 0 fully saturated rings. The molecule has 86 valence electrons. The second-order valence-electron chi connectivity index (χ2n) is 4.39. The van der Waals surface area contributed by atoms with Crippen LogP contribution < -0.4 is 9.30 Å². The zero-order valence-electron chi connectivity index (χ0n) is 9.84. The van der Waals surface area contributed by atoms with E-state index in [1.54, 1.807) is 14.0 Å². The van der Waals surface area contributed by atoms with Gasteiger partial charge in [-0.25, -0.2) is 0 Å². The molecule has 1 aliphatic rings. The summed E-state index contributed by atoms with van der Waals surface area (Å²) >= 11 is 0. The van der Waals surface area contributed by atoms with Crippen molar-refractivity contribution in [3.05, 3.63) is 48.2 Å². The zero-order chi connectivity index (χ0) is 12.0. The maximum absolute atomic E-state index is 10.6. The van der Waals surface area contributed by atoms with Crippen molar-refractivity contribution < 1.29 is 14.4 Å². The van der Waals surface area contributed by atoms with Crippen LogP contribution in [0.3, 0.4) is 0 Å². The van der Waals surface area contributed by atoms with E-state index in [4.69, 9.17) is 4.74 Å². The minimum atomic E-state index is -1.01. The van der Waals surface area contributed by atoms with Crippen molar-refractivity contribution in [2.24, 2.45) is 0 Å². The lowest BCUT2D eigenvalue weighted by Crippen LogP contribution is -2.52. The first-order chi connectivity index (χ1) is 8.14. The fourth-order valence-electron chi connectivity index (χ4n) is 2.44. The summed E-state index contributed by atoms with van der Waals surface area (Å²) in [5.41, 5.74) is 1.94. The van der Waals surface area contributed by atoms with Gasteiger partial charge in [-0.15, -0.1) is 0 Å². The Labute approximate surface area is 99.9 Å². The first kappa shape index (κ1) is 10.3. The van der Waals surface area contributed by atoms with Crippen LogP contribution >= 0.6 is 0 Å². The van der Waals surface area contributed by atoms with Crippen LogP contribution in [-0.4, -0.2) is 12.2 Å². The predicted molar refractivity (Wildman–Crippen MR) is 63.6 cm³/mol. The van der Waals surface area contributed by atoms with Crippen LogP contribution in [0.25, 0.3) is 11.3 Å². The lowest BCUT2D eigenvalue weighted by molar-refractivity contribution is -0.776. The SMILES string of the molecule is COc1ccc2c(c1)C(C)(O)[n+]1ccccc1-2. The van der Waals surface area contributed by atoms with Gasteiger partial charge in [-0.05, 0) is 24.3 Å². The van der Waals surface area contributed by atoms with E-state index in [1.165, 1.54) is 0 Å². The molecule has 0 spiro atoms. The summed E-state index contributed by atoms with van der Waals surface area (Å²) in [7, 11) is 1.63. The number of fused-ring (bicyclic) bond motifs is 3. The van der Waals surface area contributed by atoms with Gasteiger partial charge < -0.3 is 9.84 Å². The number of rotatable bonds is 1. The van der Waals surface area contributed by atoms with Gasteiger partial charge in [0.25, 0.3) is 5.72 Å². The van der Waals surface area contributed by atoms with E-state index >= 15 is 0 Å². The third-order valence-corrected chi connectivity index (χ3v) is 3.34. The molecular formula is C14H14NO2+. The Morgan fingerprint density at radius 2 is 2.06 bits per heavy atom. The van der Waals surface area contributed by atoms with Gasteiger partial charge in [0, 0.05) is 19.1 Å². The molecule has 0 radical (unpaired) electrons. The van der Waals surface area contributed by atoms with Gasteiger partial charge in [-0.2, -0.15) is 4.57 Å². The molecule has 1 N–H and O–H groups in total. The highest BCUT2D eigenvalue weighted by atomic mass is 16.5. The highest BCUT2D eigenvalue weighted by Gasteiger charge is 2.45. The van der Waals surface area contributed by atoms with E-state index in [0.29, 0.717) is 0 Å². The van der Waals surface area contributed by atoms with Crippen molar-refractivity contribution in [1.82, 2.24) is 0 Å². The van der Waals surface area contributed by atoms with Gasteiger partial charge in [-0.3, -0.25) is 0 Å². The second kappa shape index (κ2) is 3.31. The molecule has 1 aromatic carbocycles. The lowest BCUT2D eigenvalue weighted by atomic mass is 10.0.